The Kier molecular flexibility index (Phi) is 6.54. The van der Waals surface area contributed by atoms with Gasteiger partial charge >= 0.3 is 0 Å². The molecule has 1 amide bonds. The van der Waals surface area contributed by atoms with Crippen LogP contribution in [0.25, 0.3) is 0 Å². The highest BCUT2D eigenvalue weighted by atomic mass is 32.2. The van der Waals surface area contributed by atoms with Crippen molar-refractivity contribution in [2.24, 2.45) is 5.73 Å². The van der Waals surface area contributed by atoms with Crippen LogP contribution in [0.2, 0.25) is 0 Å². The van der Waals surface area contributed by atoms with Crippen molar-refractivity contribution in [2.45, 2.75) is 25.8 Å². The fourth-order valence-electron chi connectivity index (χ4n) is 2.37. The summed E-state index contributed by atoms with van der Waals surface area (Å²) < 4.78 is 0. The Morgan fingerprint density at radius 1 is 1.33 bits per heavy atom. The van der Waals surface area contributed by atoms with Crippen molar-refractivity contribution in [1.29, 1.82) is 0 Å². The van der Waals surface area contributed by atoms with E-state index in [1.54, 1.807) is 0 Å². The zero-order valence-electron chi connectivity index (χ0n) is 12.7. The molecule has 1 saturated heterocycles. The van der Waals surface area contributed by atoms with Gasteiger partial charge in [-0.2, -0.15) is 11.8 Å². The third-order valence-corrected chi connectivity index (χ3v) is 4.51. The molecule has 5 heteroatoms. The van der Waals surface area contributed by atoms with Crippen molar-refractivity contribution in [3.05, 3.63) is 29.8 Å². The average Bonchev–Trinajstić information content (AvgIpc) is 2.47. The van der Waals surface area contributed by atoms with Crippen LogP contribution in [0.1, 0.15) is 18.9 Å². The first kappa shape index (κ1) is 16.3. The first-order valence-electron chi connectivity index (χ1n) is 7.58. The number of thioether (sulfide) groups is 1. The van der Waals surface area contributed by atoms with Gasteiger partial charge in [0.2, 0.25) is 5.91 Å². The Labute approximate surface area is 131 Å². The van der Waals surface area contributed by atoms with E-state index in [9.17, 15) is 4.79 Å². The van der Waals surface area contributed by atoms with E-state index in [2.05, 4.69) is 22.3 Å². The van der Waals surface area contributed by atoms with E-state index in [0.29, 0.717) is 6.42 Å². The molecule has 0 saturated carbocycles. The molecular formula is C16H25N3OS. The quantitative estimate of drug-likeness (QED) is 0.843. The zero-order valence-corrected chi connectivity index (χ0v) is 13.5. The van der Waals surface area contributed by atoms with Gasteiger partial charge in [-0.1, -0.05) is 12.1 Å². The van der Waals surface area contributed by atoms with Crippen LogP contribution in [0.5, 0.6) is 0 Å². The lowest BCUT2D eigenvalue weighted by atomic mass is 10.1. The van der Waals surface area contributed by atoms with Crippen LogP contribution in [0.15, 0.2) is 24.3 Å². The monoisotopic (exact) mass is 307 g/mol. The molecule has 0 radical (unpaired) electrons. The van der Waals surface area contributed by atoms with Crippen LogP contribution in [-0.2, 0) is 11.2 Å². The summed E-state index contributed by atoms with van der Waals surface area (Å²) in [6, 6.07) is 8.04. The molecule has 0 aromatic heterocycles. The Hall–Kier alpha value is -1.04. The molecule has 0 bridgehead atoms. The maximum absolute atomic E-state index is 11.6. The molecule has 0 spiro atoms. The Morgan fingerprint density at radius 2 is 2.00 bits per heavy atom. The molecule has 116 valence electrons. The molecule has 3 N–H and O–H groups in total. The minimum Gasteiger partial charge on any atom is -0.327 e. The lowest BCUT2D eigenvalue weighted by molar-refractivity contribution is -0.116. The van der Waals surface area contributed by atoms with Gasteiger partial charge < -0.3 is 16.0 Å². The number of hydrogen-bond donors (Lipinski definition) is 2. The van der Waals surface area contributed by atoms with E-state index in [-0.39, 0.29) is 11.9 Å². The number of nitrogens with two attached hydrogens (primary N) is 1. The number of hydrogen-bond acceptors (Lipinski definition) is 4. The van der Waals surface area contributed by atoms with E-state index in [0.717, 1.165) is 18.7 Å². The van der Waals surface area contributed by atoms with Gasteiger partial charge in [0.1, 0.15) is 0 Å². The molecule has 1 aromatic carbocycles. The molecule has 1 fully saturated rings. The van der Waals surface area contributed by atoms with Crippen molar-refractivity contribution in [1.82, 2.24) is 4.90 Å². The van der Waals surface area contributed by atoms with Crippen molar-refractivity contribution in [2.75, 3.05) is 36.5 Å². The summed E-state index contributed by atoms with van der Waals surface area (Å²) in [5.74, 6) is 2.48. The van der Waals surface area contributed by atoms with E-state index >= 15 is 0 Å². The second-order valence-electron chi connectivity index (χ2n) is 5.63. The number of anilines is 1. The third-order valence-electron chi connectivity index (χ3n) is 3.57. The molecule has 0 aliphatic carbocycles. The van der Waals surface area contributed by atoms with Gasteiger partial charge in [0.15, 0.2) is 0 Å². The maximum Gasteiger partial charge on any atom is 0.225 e. The SMILES string of the molecule is CC(N)CC(=O)Nc1ccc(CCN2CCSCC2)cc1. The van der Waals surface area contributed by atoms with E-state index in [1.807, 2.05) is 30.8 Å². The van der Waals surface area contributed by atoms with Crippen LogP contribution in [0, 0.1) is 0 Å². The maximum atomic E-state index is 11.6. The topological polar surface area (TPSA) is 58.4 Å². The normalized spacial score (nSPS) is 17.4. The number of benzene rings is 1. The summed E-state index contributed by atoms with van der Waals surface area (Å²) in [4.78, 5) is 14.2. The summed E-state index contributed by atoms with van der Waals surface area (Å²) in [6.45, 7) is 5.37. The second-order valence-corrected chi connectivity index (χ2v) is 6.86. The highest BCUT2D eigenvalue weighted by molar-refractivity contribution is 7.99. The van der Waals surface area contributed by atoms with Crippen molar-refractivity contribution < 1.29 is 4.79 Å². The van der Waals surface area contributed by atoms with Crippen molar-refractivity contribution in [3.8, 4) is 0 Å². The van der Waals surface area contributed by atoms with Crippen LogP contribution in [-0.4, -0.2) is 48.0 Å². The molecule has 1 aromatic rings. The summed E-state index contributed by atoms with van der Waals surface area (Å²) in [5.41, 5.74) is 7.78. The first-order valence-corrected chi connectivity index (χ1v) is 8.73. The Morgan fingerprint density at radius 3 is 2.62 bits per heavy atom. The van der Waals surface area contributed by atoms with Gasteiger partial charge in [-0.15, -0.1) is 0 Å². The van der Waals surface area contributed by atoms with Gasteiger partial charge in [-0.05, 0) is 31.0 Å². The predicted molar refractivity (Wildman–Crippen MR) is 90.8 cm³/mol. The fourth-order valence-corrected chi connectivity index (χ4v) is 3.35. The molecule has 21 heavy (non-hydrogen) atoms. The highest BCUT2D eigenvalue weighted by Gasteiger charge is 2.10. The van der Waals surface area contributed by atoms with Crippen LogP contribution < -0.4 is 11.1 Å². The number of carbonyl (C=O) groups excluding carboxylic acids is 1. The average molecular weight is 307 g/mol. The minimum atomic E-state index is -0.105. The smallest absolute Gasteiger partial charge is 0.225 e. The fraction of sp³-hybridized carbons (Fsp3) is 0.562. The number of nitrogens with zero attached hydrogens (tertiary/aromatic N) is 1. The van der Waals surface area contributed by atoms with Gasteiger partial charge in [-0.3, -0.25) is 4.79 Å². The molecule has 1 aliphatic rings. The van der Waals surface area contributed by atoms with Crippen LogP contribution in [0.4, 0.5) is 5.69 Å². The van der Waals surface area contributed by atoms with E-state index in [4.69, 9.17) is 5.73 Å². The Balaban J connectivity index is 1.77. The molecule has 1 atom stereocenters. The first-order chi connectivity index (χ1) is 10.1. The second kappa shape index (κ2) is 8.41. The molecule has 1 aliphatic heterocycles. The molecule has 2 rings (SSSR count). The predicted octanol–water partition coefficient (Wildman–Crippen LogP) is 1.95. The van der Waals surface area contributed by atoms with Gasteiger partial charge in [0.05, 0.1) is 0 Å². The Bertz CT molecular complexity index is 441. The zero-order chi connectivity index (χ0) is 15.1. The molecule has 4 nitrogen and oxygen atoms in total. The largest absolute Gasteiger partial charge is 0.327 e. The molecular weight excluding hydrogens is 282 g/mol. The summed E-state index contributed by atoms with van der Waals surface area (Å²) in [5, 5.41) is 2.87. The highest BCUT2D eigenvalue weighted by Crippen LogP contribution is 2.13. The number of amides is 1. The molecule has 1 unspecified atom stereocenters. The number of nitrogens with one attached hydrogen (secondary N) is 1. The summed E-state index contributed by atoms with van der Waals surface area (Å²) in [6.07, 6.45) is 1.42. The van der Waals surface area contributed by atoms with Gasteiger partial charge in [-0.25, -0.2) is 0 Å². The van der Waals surface area contributed by atoms with Gasteiger partial charge in [0.25, 0.3) is 0 Å². The van der Waals surface area contributed by atoms with E-state index < -0.39 is 0 Å². The van der Waals surface area contributed by atoms with Crippen LogP contribution >= 0.6 is 11.8 Å². The van der Waals surface area contributed by atoms with E-state index in [1.165, 1.54) is 30.2 Å². The minimum absolute atomic E-state index is 0.0245. The van der Waals surface area contributed by atoms with Crippen LogP contribution in [0.3, 0.4) is 0 Å². The number of rotatable bonds is 6. The molecule has 1 heterocycles. The summed E-state index contributed by atoms with van der Waals surface area (Å²) >= 11 is 2.04. The number of carbonyl (C=O) groups is 1. The van der Waals surface area contributed by atoms with Crippen molar-refractivity contribution in [3.63, 3.8) is 0 Å². The lowest BCUT2D eigenvalue weighted by Crippen LogP contribution is -2.34. The summed E-state index contributed by atoms with van der Waals surface area (Å²) in [7, 11) is 0. The van der Waals surface area contributed by atoms with Crippen molar-refractivity contribution >= 4 is 23.4 Å². The lowest BCUT2D eigenvalue weighted by Gasteiger charge is -2.26. The van der Waals surface area contributed by atoms with Gasteiger partial charge in [0, 0.05) is 49.3 Å². The third kappa shape index (κ3) is 6.08. The standard InChI is InChI=1S/C16H25N3OS/c1-13(17)12-16(20)18-15-4-2-14(3-5-15)6-7-19-8-10-21-11-9-19/h2-5,13H,6-12,17H2,1H3,(H,18,20).